The summed E-state index contributed by atoms with van der Waals surface area (Å²) < 4.78 is 0. The summed E-state index contributed by atoms with van der Waals surface area (Å²) in [7, 11) is 2.25. The molecule has 0 aliphatic carbocycles. The van der Waals surface area contributed by atoms with Crippen LogP contribution in [-0.2, 0) is 0 Å². The van der Waals surface area contributed by atoms with E-state index in [0.717, 1.165) is 18.0 Å². The lowest BCUT2D eigenvalue weighted by Gasteiger charge is -2.40. The number of hydrogen-bond donors (Lipinski definition) is 1. The maximum Gasteiger partial charge on any atom is 0.00966 e. The number of rotatable bonds is 4. The standard InChI is InChI=1S/C16H33N3/c1-5-19-9-6-7-15(12-19)14(3)17-16-8-10-18(4)13(2)11-16/h13-17H,5-12H2,1-4H3. The zero-order chi connectivity index (χ0) is 13.8. The van der Waals surface area contributed by atoms with Crippen molar-refractivity contribution in [3.63, 3.8) is 0 Å². The average Bonchev–Trinajstić information content (AvgIpc) is 2.43. The highest BCUT2D eigenvalue weighted by atomic mass is 15.2. The van der Waals surface area contributed by atoms with Crippen LogP contribution >= 0.6 is 0 Å². The summed E-state index contributed by atoms with van der Waals surface area (Å²) in [5, 5.41) is 3.93. The molecule has 2 saturated heterocycles. The first kappa shape index (κ1) is 15.3. The lowest BCUT2D eigenvalue weighted by atomic mass is 9.89. The van der Waals surface area contributed by atoms with Crippen LogP contribution in [-0.4, -0.2) is 61.2 Å². The Balaban J connectivity index is 1.78. The molecule has 3 heteroatoms. The summed E-state index contributed by atoms with van der Waals surface area (Å²) >= 11 is 0. The molecule has 0 aromatic heterocycles. The lowest BCUT2D eigenvalue weighted by Crippen LogP contribution is -2.51. The molecule has 2 fully saturated rings. The molecule has 112 valence electrons. The van der Waals surface area contributed by atoms with Crippen LogP contribution < -0.4 is 5.32 Å². The highest BCUT2D eigenvalue weighted by Gasteiger charge is 2.28. The molecular formula is C16H33N3. The van der Waals surface area contributed by atoms with Gasteiger partial charge in [-0.2, -0.15) is 0 Å². The Morgan fingerprint density at radius 3 is 2.74 bits per heavy atom. The van der Waals surface area contributed by atoms with Gasteiger partial charge >= 0.3 is 0 Å². The maximum absolute atomic E-state index is 3.93. The van der Waals surface area contributed by atoms with Crippen LogP contribution in [0.3, 0.4) is 0 Å². The molecule has 2 rings (SSSR count). The first-order valence-electron chi connectivity index (χ1n) is 8.28. The second-order valence-electron chi connectivity index (χ2n) is 6.80. The molecule has 0 radical (unpaired) electrons. The normalized spacial score (nSPS) is 36.3. The molecule has 0 bridgehead atoms. The number of piperidine rings is 2. The largest absolute Gasteiger partial charge is 0.311 e. The number of nitrogens with zero attached hydrogens (tertiary/aromatic N) is 2. The molecular weight excluding hydrogens is 234 g/mol. The third kappa shape index (κ3) is 4.17. The molecule has 0 aromatic carbocycles. The molecule has 2 aliphatic heterocycles. The van der Waals surface area contributed by atoms with Gasteiger partial charge < -0.3 is 15.1 Å². The van der Waals surface area contributed by atoms with Gasteiger partial charge in [0.2, 0.25) is 0 Å². The summed E-state index contributed by atoms with van der Waals surface area (Å²) in [6.45, 7) is 12.1. The molecule has 3 nitrogen and oxygen atoms in total. The zero-order valence-corrected chi connectivity index (χ0v) is 13.4. The number of likely N-dealkylation sites (tertiary alicyclic amines) is 2. The van der Waals surface area contributed by atoms with E-state index in [1.807, 2.05) is 0 Å². The van der Waals surface area contributed by atoms with Gasteiger partial charge in [-0.3, -0.25) is 0 Å². The van der Waals surface area contributed by atoms with Crippen LogP contribution in [0.2, 0.25) is 0 Å². The van der Waals surface area contributed by atoms with Crippen LogP contribution in [0.4, 0.5) is 0 Å². The van der Waals surface area contributed by atoms with Gasteiger partial charge in [-0.05, 0) is 72.1 Å². The van der Waals surface area contributed by atoms with E-state index in [1.165, 1.54) is 51.9 Å². The second kappa shape index (κ2) is 7.05. The van der Waals surface area contributed by atoms with Gasteiger partial charge in [-0.25, -0.2) is 0 Å². The summed E-state index contributed by atoms with van der Waals surface area (Å²) in [4.78, 5) is 5.10. The van der Waals surface area contributed by atoms with Crippen molar-refractivity contribution in [1.29, 1.82) is 0 Å². The predicted molar refractivity (Wildman–Crippen MR) is 82.5 cm³/mol. The highest BCUT2D eigenvalue weighted by Crippen LogP contribution is 2.22. The van der Waals surface area contributed by atoms with Gasteiger partial charge in [-0.1, -0.05) is 6.92 Å². The monoisotopic (exact) mass is 267 g/mol. The third-order valence-corrected chi connectivity index (χ3v) is 5.40. The van der Waals surface area contributed by atoms with Crippen LogP contribution in [0.1, 0.15) is 46.5 Å². The maximum atomic E-state index is 3.93. The Morgan fingerprint density at radius 2 is 2.05 bits per heavy atom. The Bertz CT molecular complexity index is 269. The fraction of sp³-hybridized carbons (Fsp3) is 1.00. The van der Waals surface area contributed by atoms with Crippen molar-refractivity contribution < 1.29 is 0 Å². The lowest BCUT2D eigenvalue weighted by molar-refractivity contribution is 0.128. The Kier molecular flexibility index (Phi) is 5.67. The Labute approximate surface area is 119 Å². The van der Waals surface area contributed by atoms with Gasteiger partial charge in [-0.15, -0.1) is 0 Å². The minimum atomic E-state index is 0.676. The van der Waals surface area contributed by atoms with E-state index in [0.29, 0.717) is 6.04 Å². The minimum Gasteiger partial charge on any atom is -0.311 e. The van der Waals surface area contributed by atoms with E-state index in [-0.39, 0.29) is 0 Å². The predicted octanol–water partition coefficient (Wildman–Crippen LogP) is 2.18. The molecule has 19 heavy (non-hydrogen) atoms. The topological polar surface area (TPSA) is 18.5 Å². The molecule has 0 saturated carbocycles. The minimum absolute atomic E-state index is 0.676. The summed E-state index contributed by atoms with van der Waals surface area (Å²) in [6.07, 6.45) is 5.42. The quantitative estimate of drug-likeness (QED) is 0.842. The second-order valence-corrected chi connectivity index (χ2v) is 6.80. The van der Waals surface area contributed by atoms with E-state index >= 15 is 0 Å². The molecule has 0 aromatic rings. The number of nitrogens with one attached hydrogen (secondary N) is 1. The molecule has 4 unspecified atom stereocenters. The highest BCUT2D eigenvalue weighted by molar-refractivity contribution is 4.86. The molecule has 0 amide bonds. The van der Waals surface area contributed by atoms with E-state index in [9.17, 15) is 0 Å². The van der Waals surface area contributed by atoms with Crippen molar-refractivity contribution in [3.05, 3.63) is 0 Å². The van der Waals surface area contributed by atoms with Crippen molar-refractivity contribution >= 4 is 0 Å². The molecule has 2 aliphatic rings. The van der Waals surface area contributed by atoms with Crippen molar-refractivity contribution in [2.45, 2.75) is 64.6 Å². The van der Waals surface area contributed by atoms with E-state index in [1.54, 1.807) is 0 Å². The average molecular weight is 267 g/mol. The first-order chi connectivity index (χ1) is 9.10. The SMILES string of the molecule is CCN1CCCC(C(C)NC2CCN(C)C(C)C2)C1. The van der Waals surface area contributed by atoms with Crippen LogP contribution in [0, 0.1) is 5.92 Å². The smallest absolute Gasteiger partial charge is 0.00966 e. The summed E-state index contributed by atoms with van der Waals surface area (Å²) in [5.41, 5.74) is 0. The van der Waals surface area contributed by atoms with Gasteiger partial charge in [0.15, 0.2) is 0 Å². The first-order valence-corrected chi connectivity index (χ1v) is 8.28. The van der Waals surface area contributed by atoms with E-state index in [4.69, 9.17) is 0 Å². The van der Waals surface area contributed by atoms with Gasteiger partial charge in [0.05, 0.1) is 0 Å². The van der Waals surface area contributed by atoms with Crippen LogP contribution in [0.5, 0.6) is 0 Å². The zero-order valence-electron chi connectivity index (χ0n) is 13.4. The number of hydrogen-bond acceptors (Lipinski definition) is 3. The van der Waals surface area contributed by atoms with Gasteiger partial charge in [0, 0.05) is 24.7 Å². The van der Waals surface area contributed by atoms with Crippen molar-refractivity contribution in [1.82, 2.24) is 15.1 Å². The fourth-order valence-electron chi connectivity index (χ4n) is 3.74. The van der Waals surface area contributed by atoms with E-state index in [2.05, 4.69) is 42.9 Å². The van der Waals surface area contributed by atoms with Crippen molar-refractivity contribution in [2.24, 2.45) is 5.92 Å². The molecule has 2 heterocycles. The summed E-state index contributed by atoms with van der Waals surface area (Å²) in [5.74, 6) is 0.851. The van der Waals surface area contributed by atoms with Crippen LogP contribution in [0.15, 0.2) is 0 Å². The van der Waals surface area contributed by atoms with Crippen molar-refractivity contribution in [3.8, 4) is 0 Å². The summed E-state index contributed by atoms with van der Waals surface area (Å²) in [6, 6.07) is 2.14. The van der Waals surface area contributed by atoms with Gasteiger partial charge in [0.25, 0.3) is 0 Å². The Hall–Kier alpha value is -0.120. The molecule has 4 atom stereocenters. The van der Waals surface area contributed by atoms with Crippen LogP contribution in [0.25, 0.3) is 0 Å². The van der Waals surface area contributed by atoms with E-state index < -0.39 is 0 Å². The molecule has 1 N–H and O–H groups in total. The Morgan fingerprint density at radius 1 is 1.26 bits per heavy atom. The van der Waals surface area contributed by atoms with Crippen molar-refractivity contribution in [2.75, 3.05) is 33.2 Å². The van der Waals surface area contributed by atoms with Gasteiger partial charge in [0.1, 0.15) is 0 Å². The fourth-order valence-corrected chi connectivity index (χ4v) is 3.74. The molecule has 0 spiro atoms. The third-order valence-electron chi connectivity index (χ3n) is 5.40.